The summed E-state index contributed by atoms with van der Waals surface area (Å²) in [4.78, 5) is 19.7. The van der Waals surface area contributed by atoms with Crippen molar-refractivity contribution >= 4 is 40.2 Å². The van der Waals surface area contributed by atoms with Crippen molar-refractivity contribution in [2.24, 2.45) is 0 Å². The van der Waals surface area contributed by atoms with E-state index in [9.17, 15) is 4.79 Å². The summed E-state index contributed by atoms with van der Waals surface area (Å²) in [6.07, 6.45) is 4.54. The van der Waals surface area contributed by atoms with Crippen molar-refractivity contribution < 1.29 is 9.53 Å². The second-order valence-corrected chi connectivity index (χ2v) is 13.0. The third-order valence-corrected chi connectivity index (χ3v) is 9.60. The second kappa shape index (κ2) is 12.4. The molecule has 7 rings (SSSR count). The van der Waals surface area contributed by atoms with Crippen LogP contribution in [-0.2, 0) is 11.3 Å². The Balaban J connectivity index is 1.19. The van der Waals surface area contributed by atoms with Gasteiger partial charge in [-0.05, 0) is 96.5 Å². The number of nitrogens with zero attached hydrogens (tertiary/aromatic N) is 3. The lowest BCUT2D eigenvalue weighted by molar-refractivity contribution is 0.0600. The molecule has 4 aromatic carbocycles. The Morgan fingerprint density at radius 2 is 1.48 bits per heavy atom. The average Bonchev–Trinajstić information content (AvgIpc) is 3.83. The Bertz CT molecular complexity index is 1740. The first-order chi connectivity index (χ1) is 21.5. The van der Waals surface area contributed by atoms with Crippen molar-refractivity contribution in [1.29, 1.82) is 0 Å². The number of likely N-dealkylation sites (tertiary alicyclic amines) is 1. The van der Waals surface area contributed by atoms with E-state index in [1.807, 2.05) is 42.5 Å². The number of piperidine rings is 1. The zero-order valence-corrected chi connectivity index (χ0v) is 26.3. The van der Waals surface area contributed by atoms with Crippen molar-refractivity contribution in [1.82, 2.24) is 14.5 Å². The van der Waals surface area contributed by atoms with Gasteiger partial charge < -0.3 is 9.30 Å². The first kappa shape index (κ1) is 29.1. The Kier molecular flexibility index (Phi) is 8.19. The molecule has 44 heavy (non-hydrogen) atoms. The van der Waals surface area contributed by atoms with Crippen LogP contribution in [0.4, 0.5) is 0 Å². The van der Waals surface area contributed by atoms with Gasteiger partial charge in [-0.2, -0.15) is 0 Å². The summed E-state index contributed by atoms with van der Waals surface area (Å²) in [6, 6.07) is 31.3. The van der Waals surface area contributed by atoms with Crippen LogP contribution < -0.4 is 0 Å². The van der Waals surface area contributed by atoms with E-state index >= 15 is 0 Å². The first-order valence-electron chi connectivity index (χ1n) is 15.4. The number of esters is 1. The van der Waals surface area contributed by atoms with Crippen LogP contribution >= 0.6 is 23.2 Å². The number of benzene rings is 4. The smallest absolute Gasteiger partial charge is 0.337 e. The highest BCUT2D eigenvalue weighted by Crippen LogP contribution is 2.44. The van der Waals surface area contributed by atoms with Crippen LogP contribution in [0.3, 0.4) is 0 Å². The van der Waals surface area contributed by atoms with Gasteiger partial charge in [0, 0.05) is 47.6 Å². The van der Waals surface area contributed by atoms with Crippen molar-refractivity contribution in [2.45, 2.75) is 50.1 Å². The normalized spacial score (nSPS) is 16.1. The lowest BCUT2D eigenvalue weighted by Gasteiger charge is -2.34. The largest absolute Gasteiger partial charge is 0.465 e. The summed E-state index contributed by atoms with van der Waals surface area (Å²) in [7, 11) is 1.42. The van der Waals surface area contributed by atoms with E-state index in [-0.39, 0.29) is 11.9 Å². The van der Waals surface area contributed by atoms with Gasteiger partial charge in [-0.15, -0.1) is 0 Å². The number of methoxy groups -OCH3 is 1. The van der Waals surface area contributed by atoms with Gasteiger partial charge in [0.25, 0.3) is 0 Å². The minimum Gasteiger partial charge on any atom is -0.465 e. The number of hydrogen-bond donors (Lipinski definition) is 0. The van der Waals surface area contributed by atoms with Crippen molar-refractivity contribution in [3.8, 4) is 0 Å². The SMILES string of the molecule is COC(=O)c1cccc(CN2CCC(n3c(C4CC4)nc4ccc(C(c5ccc(Cl)cc5)c5ccc(Cl)cc5)cc43)CC2)c1. The minimum atomic E-state index is -0.293. The van der Waals surface area contributed by atoms with E-state index in [1.165, 1.54) is 48.0 Å². The lowest BCUT2D eigenvalue weighted by Crippen LogP contribution is -2.34. The summed E-state index contributed by atoms with van der Waals surface area (Å²) < 4.78 is 7.49. The average molecular weight is 625 g/mol. The topological polar surface area (TPSA) is 47.4 Å². The van der Waals surface area contributed by atoms with E-state index in [4.69, 9.17) is 32.9 Å². The van der Waals surface area contributed by atoms with Gasteiger partial charge in [-0.1, -0.05) is 65.7 Å². The number of hydrogen-bond acceptors (Lipinski definition) is 4. The number of rotatable bonds is 8. The molecule has 0 atom stereocenters. The molecule has 2 heterocycles. The van der Waals surface area contributed by atoms with Crippen LogP contribution in [0.25, 0.3) is 11.0 Å². The number of ether oxygens (including phenoxy) is 1. The van der Waals surface area contributed by atoms with Crippen molar-refractivity contribution in [3.05, 3.63) is 135 Å². The van der Waals surface area contributed by atoms with Crippen molar-refractivity contribution in [2.75, 3.05) is 20.2 Å². The molecule has 0 amide bonds. The van der Waals surface area contributed by atoms with Gasteiger partial charge in [0.1, 0.15) is 5.82 Å². The third-order valence-electron chi connectivity index (χ3n) is 9.10. The minimum absolute atomic E-state index is 0.0456. The van der Waals surface area contributed by atoms with Gasteiger partial charge in [-0.3, -0.25) is 4.90 Å². The molecule has 5 aromatic rings. The zero-order chi connectivity index (χ0) is 30.2. The van der Waals surface area contributed by atoms with Crippen LogP contribution in [-0.4, -0.2) is 40.6 Å². The molecule has 1 saturated heterocycles. The van der Waals surface area contributed by atoms with Crippen LogP contribution in [0, 0.1) is 0 Å². The van der Waals surface area contributed by atoms with Crippen LogP contribution in [0.2, 0.25) is 10.0 Å². The summed E-state index contributed by atoms with van der Waals surface area (Å²) >= 11 is 12.6. The quantitative estimate of drug-likeness (QED) is 0.128. The van der Waals surface area contributed by atoms with Crippen LogP contribution in [0.5, 0.6) is 0 Å². The van der Waals surface area contributed by atoms with Crippen molar-refractivity contribution in [3.63, 3.8) is 0 Å². The highest BCUT2D eigenvalue weighted by molar-refractivity contribution is 6.30. The van der Waals surface area contributed by atoms with Gasteiger partial charge in [0.15, 0.2) is 0 Å². The van der Waals surface area contributed by atoms with Gasteiger partial charge in [-0.25, -0.2) is 9.78 Å². The summed E-state index contributed by atoms with van der Waals surface area (Å²) in [5.41, 5.74) is 7.64. The van der Waals surface area contributed by atoms with E-state index in [2.05, 4.69) is 58.0 Å². The Hall–Kier alpha value is -3.64. The molecule has 1 saturated carbocycles. The number of fused-ring (bicyclic) bond motifs is 1. The number of halogens is 2. The number of carbonyl (C=O) groups excluding carboxylic acids is 1. The number of imidazole rings is 1. The van der Waals surface area contributed by atoms with Crippen LogP contribution in [0.15, 0.2) is 91.0 Å². The monoisotopic (exact) mass is 623 g/mol. The molecule has 224 valence electrons. The van der Waals surface area contributed by atoms with Gasteiger partial charge in [0.2, 0.25) is 0 Å². The fourth-order valence-electron chi connectivity index (χ4n) is 6.72. The van der Waals surface area contributed by atoms with Gasteiger partial charge >= 0.3 is 5.97 Å². The molecule has 0 bridgehead atoms. The zero-order valence-electron chi connectivity index (χ0n) is 24.8. The fraction of sp³-hybridized carbons (Fsp3) is 0.297. The van der Waals surface area contributed by atoms with E-state index in [0.717, 1.165) is 53.6 Å². The Labute approximate surface area is 268 Å². The van der Waals surface area contributed by atoms with E-state index < -0.39 is 0 Å². The molecule has 7 heteroatoms. The molecular formula is C37H35Cl2N3O2. The number of carbonyl (C=O) groups is 1. The number of aromatic nitrogens is 2. The molecule has 1 aliphatic heterocycles. The molecule has 1 aromatic heterocycles. The molecule has 2 fully saturated rings. The second-order valence-electron chi connectivity index (χ2n) is 12.1. The molecule has 5 nitrogen and oxygen atoms in total. The van der Waals surface area contributed by atoms with Gasteiger partial charge in [0.05, 0.1) is 23.7 Å². The standard InChI is InChI=1S/C37H35Cl2N3O2/c1-44-37(43)29-4-2-3-24(21-29)23-41-19-17-32(18-20-41)42-34-22-28(11-16-33(34)40-36(42)27-5-6-27)35(25-7-12-30(38)13-8-25)26-9-14-31(39)15-10-26/h2-4,7-16,21-22,27,32,35H,5-6,17-20,23H2,1H3. The fourth-order valence-corrected chi connectivity index (χ4v) is 6.97. The predicted molar refractivity (Wildman–Crippen MR) is 177 cm³/mol. The lowest BCUT2D eigenvalue weighted by atomic mass is 9.85. The maximum atomic E-state index is 12.0. The third kappa shape index (κ3) is 6.01. The molecule has 2 aliphatic rings. The maximum absolute atomic E-state index is 12.0. The molecular weight excluding hydrogens is 589 g/mol. The highest BCUT2D eigenvalue weighted by Gasteiger charge is 2.33. The molecule has 0 N–H and O–H groups in total. The predicted octanol–water partition coefficient (Wildman–Crippen LogP) is 9.02. The molecule has 1 aliphatic carbocycles. The van der Waals surface area contributed by atoms with Crippen LogP contribution in [0.1, 0.15) is 82.0 Å². The summed E-state index contributed by atoms with van der Waals surface area (Å²) in [6.45, 7) is 2.81. The molecule has 0 unspecified atom stereocenters. The first-order valence-corrected chi connectivity index (χ1v) is 16.1. The van der Waals surface area contributed by atoms with E-state index in [0.29, 0.717) is 17.5 Å². The molecule has 0 radical (unpaired) electrons. The Morgan fingerprint density at radius 3 is 2.09 bits per heavy atom. The summed E-state index contributed by atoms with van der Waals surface area (Å²) in [5.74, 6) is 1.55. The summed E-state index contributed by atoms with van der Waals surface area (Å²) in [5, 5.41) is 1.46. The Morgan fingerprint density at radius 1 is 0.841 bits per heavy atom. The highest BCUT2D eigenvalue weighted by atomic mass is 35.5. The van der Waals surface area contributed by atoms with E-state index in [1.54, 1.807) is 0 Å². The maximum Gasteiger partial charge on any atom is 0.337 e. The molecule has 0 spiro atoms.